The highest BCUT2D eigenvalue weighted by molar-refractivity contribution is 7.92. The second-order valence-electron chi connectivity index (χ2n) is 10.5. The lowest BCUT2D eigenvalue weighted by Crippen LogP contribution is -2.53. The van der Waals surface area contributed by atoms with Crippen molar-refractivity contribution in [3.63, 3.8) is 0 Å². The Morgan fingerprint density at radius 2 is 1.67 bits per heavy atom. The van der Waals surface area contributed by atoms with Crippen molar-refractivity contribution in [1.29, 1.82) is 0 Å². The molecule has 1 atom stereocenters. The third-order valence-corrected chi connectivity index (χ3v) is 8.73. The van der Waals surface area contributed by atoms with Crippen molar-refractivity contribution >= 4 is 67.5 Å². The molecule has 4 amide bonds. The Balaban J connectivity index is 1.53. The molecule has 5 rings (SSSR count). The number of benzene rings is 3. The van der Waals surface area contributed by atoms with Crippen LogP contribution in [0.15, 0.2) is 71.6 Å². The molecule has 1 aliphatic heterocycles. The van der Waals surface area contributed by atoms with Crippen LogP contribution < -0.4 is 15.4 Å². The summed E-state index contributed by atoms with van der Waals surface area (Å²) in [4.78, 5) is 54.5. The van der Waals surface area contributed by atoms with E-state index in [-0.39, 0.29) is 27.0 Å². The molecule has 0 bridgehead atoms. The standard InChI is InChI=1S/C29H27ClN6O6S/c1-16-13-14-17(43(41,42)34-20-11-7-6-10-19(20)30)15-21(16)31-26(38)24(36-27(39)29(2,3)32-28(36)40)25(37)23-18-9-5-8-12-22(18)35(4)33-23/h5-15,24,34H,1-4H3,(H,31,38)(H,32,40). The van der Waals surface area contributed by atoms with Gasteiger partial charge < -0.3 is 10.6 Å². The first-order valence-electron chi connectivity index (χ1n) is 13.0. The molecule has 0 aliphatic carbocycles. The minimum absolute atomic E-state index is 0.0435. The normalized spacial score (nSPS) is 15.3. The molecule has 1 fully saturated rings. The molecule has 3 aromatic carbocycles. The Bertz CT molecular complexity index is 1940. The number of hydrogen-bond donors (Lipinski definition) is 3. The molecule has 0 radical (unpaired) electrons. The van der Waals surface area contributed by atoms with Gasteiger partial charge in [0.1, 0.15) is 11.2 Å². The number of halogens is 1. The summed E-state index contributed by atoms with van der Waals surface area (Å²) in [6, 6.07) is 14.2. The van der Waals surface area contributed by atoms with Crippen molar-refractivity contribution in [2.75, 3.05) is 10.0 Å². The van der Waals surface area contributed by atoms with Gasteiger partial charge in [-0.25, -0.2) is 18.1 Å². The van der Waals surface area contributed by atoms with E-state index in [1.165, 1.54) is 48.9 Å². The van der Waals surface area contributed by atoms with E-state index in [4.69, 9.17) is 11.6 Å². The van der Waals surface area contributed by atoms with Crippen LogP contribution in [0.25, 0.3) is 10.9 Å². The number of para-hydroxylation sites is 2. The van der Waals surface area contributed by atoms with Crippen LogP contribution in [0.3, 0.4) is 0 Å². The fraction of sp³-hybridized carbons (Fsp3) is 0.207. The maximum atomic E-state index is 14.0. The topological polar surface area (TPSA) is 160 Å². The Kier molecular flexibility index (Phi) is 7.48. The van der Waals surface area contributed by atoms with E-state index in [0.29, 0.717) is 21.4 Å². The van der Waals surface area contributed by atoms with Crippen molar-refractivity contribution in [3.8, 4) is 0 Å². The number of carbonyl (C=O) groups is 4. The van der Waals surface area contributed by atoms with Crippen molar-refractivity contribution in [2.45, 2.75) is 37.2 Å². The minimum atomic E-state index is -4.15. The van der Waals surface area contributed by atoms with Gasteiger partial charge in [-0.15, -0.1) is 0 Å². The Hall–Kier alpha value is -4.75. The molecule has 1 aromatic heterocycles. The Morgan fingerprint density at radius 3 is 2.35 bits per heavy atom. The fourth-order valence-corrected chi connectivity index (χ4v) is 6.08. The second-order valence-corrected chi connectivity index (χ2v) is 12.6. The third kappa shape index (κ3) is 5.44. The smallest absolute Gasteiger partial charge is 0.324 e. The van der Waals surface area contributed by atoms with Crippen LogP contribution in [0.1, 0.15) is 29.9 Å². The lowest BCUT2D eigenvalue weighted by atomic mass is 10.0. The highest BCUT2D eigenvalue weighted by Gasteiger charge is 2.52. The number of urea groups is 1. The van der Waals surface area contributed by atoms with Crippen LogP contribution in [0.2, 0.25) is 5.02 Å². The van der Waals surface area contributed by atoms with Crippen LogP contribution >= 0.6 is 11.6 Å². The van der Waals surface area contributed by atoms with Gasteiger partial charge in [-0.1, -0.05) is 48.0 Å². The summed E-state index contributed by atoms with van der Waals surface area (Å²) in [5.74, 6) is -2.71. The maximum Gasteiger partial charge on any atom is 0.326 e. The van der Waals surface area contributed by atoms with E-state index >= 15 is 0 Å². The predicted octanol–water partition coefficient (Wildman–Crippen LogP) is 3.86. The first-order valence-corrected chi connectivity index (χ1v) is 14.9. The zero-order chi connectivity index (χ0) is 31.3. The number of imide groups is 1. The van der Waals surface area contributed by atoms with Crippen LogP contribution in [0.4, 0.5) is 16.2 Å². The van der Waals surface area contributed by atoms with Crippen molar-refractivity contribution in [3.05, 3.63) is 83.0 Å². The van der Waals surface area contributed by atoms with Crippen LogP contribution in [-0.4, -0.2) is 58.3 Å². The maximum absolute atomic E-state index is 14.0. The van der Waals surface area contributed by atoms with Gasteiger partial charge in [0, 0.05) is 18.1 Å². The van der Waals surface area contributed by atoms with Gasteiger partial charge in [0.15, 0.2) is 6.04 Å². The molecule has 14 heteroatoms. The molecule has 4 aromatic rings. The monoisotopic (exact) mass is 622 g/mol. The van der Waals surface area contributed by atoms with E-state index in [0.717, 1.165) is 0 Å². The quantitative estimate of drug-likeness (QED) is 0.153. The van der Waals surface area contributed by atoms with E-state index < -0.39 is 45.2 Å². The predicted molar refractivity (Wildman–Crippen MR) is 160 cm³/mol. The Morgan fingerprint density at radius 1 is 1.00 bits per heavy atom. The number of nitrogens with zero attached hydrogens (tertiary/aromatic N) is 3. The van der Waals surface area contributed by atoms with E-state index in [1.54, 1.807) is 50.4 Å². The number of ketones is 1. The lowest BCUT2D eigenvalue weighted by Gasteiger charge is -2.24. The second kappa shape index (κ2) is 10.8. The average molecular weight is 623 g/mol. The van der Waals surface area contributed by atoms with Gasteiger partial charge in [-0.3, -0.25) is 23.8 Å². The lowest BCUT2D eigenvalue weighted by molar-refractivity contribution is -0.134. The van der Waals surface area contributed by atoms with E-state index in [1.807, 2.05) is 0 Å². The number of sulfonamides is 1. The number of aryl methyl sites for hydroxylation is 2. The summed E-state index contributed by atoms with van der Waals surface area (Å²) in [6.07, 6.45) is 0. The molecule has 12 nitrogen and oxygen atoms in total. The van der Waals surface area contributed by atoms with E-state index in [9.17, 15) is 27.6 Å². The largest absolute Gasteiger partial charge is 0.326 e. The summed E-state index contributed by atoms with van der Waals surface area (Å²) in [5, 5.41) is 9.95. The Labute approximate surface area is 252 Å². The number of aromatic nitrogens is 2. The summed E-state index contributed by atoms with van der Waals surface area (Å²) >= 11 is 6.11. The molecule has 43 heavy (non-hydrogen) atoms. The zero-order valence-electron chi connectivity index (χ0n) is 23.5. The minimum Gasteiger partial charge on any atom is -0.324 e. The molecule has 1 saturated heterocycles. The van der Waals surface area contributed by atoms with Gasteiger partial charge in [-0.2, -0.15) is 5.10 Å². The SMILES string of the molecule is Cc1ccc(S(=O)(=O)Nc2ccccc2Cl)cc1NC(=O)C(C(=O)c1nn(C)c2ccccc12)N1C(=O)NC(C)(C)C1=O. The van der Waals surface area contributed by atoms with Gasteiger partial charge in [0.05, 0.1) is 21.1 Å². The number of Topliss-reactive ketones (excluding diaryl/α,β-unsaturated/α-hetero) is 1. The van der Waals surface area contributed by atoms with Gasteiger partial charge in [0.25, 0.3) is 21.8 Å². The number of rotatable bonds is 8. The first kappa shape index (κ1) is 29.7. The number of fused-ring (bicyclic) bond motifs is 1. The average Bonchev–Trinajstić information content (AvgIpc) is 3.38. The molecule has 1 unspecified atom stereocenters. The summed E-state index contributed by atoms with van der Waals surface area (Å²) in [5.41, 5.74) is -0.234. The van der Waals surface area contributed by atoms with Gasteiger partial charge >= 0.3 is 6.03 Å². The molecule has 2 heterocycles. The van der Waals surface area contributed by atoms with Gasteiger partial charge in [0.2, 0.25) is 5.78 Å². The van der Waals surface area contributed by atoms with Crippen LogP contribution in [-0.2, 0) is 26.7 Å². The molecule has 0 saturated carbocycles. The summed E-state index contributed by atoms with van der Waals surface area (Å²) in [7, 11) is -2.53. The first-order chi connectivity index (χ1) is 20.2. The number of amides is 4. The summed E-state index contributed by atoms with van der Waals surface area (Å²) < 4.78 is 30.2. The van der Waals surface area contributed by atoms with Gasteiger partial charge in [-0.05, 0) is 56.7 Å². The number of carbonyl (C=O) groups excluding carboxylic acids is 4. The third-order valence-electron chi connectivity index (χ3n) is 7.03. The molecular formula is C29H27ClN6O6S. The fourth-order valence-electron chi connectivity index (χ4n) is 4.74. The number of anilines is 2. The number of nitrogens with one attached hydrogen (secondary N) is 3. The van der Waals surface area contributed by atoms with Crippen molar-refractivity contribution in [2.24, 2.45) is 7.05 Å². The summed E-state index contributed by atoms with van der Waals surface area (Å²) in [6.45, 7) is 4.52. The van der Waals surface area contributed by atoms with Crippen molar-refractivity contribution in [1.82, 2.24) is 20.0 Å². The zero-order valence-corrected chi connectivity index (χ0v) is 25.1. The highest BCUT2D eigenvalue weighted by atomic mass is 35.5. The van der Waals surface area contributed by atoms with Crippen LogP contribution in [0.5, 0.6) is 0 Å². The molecule has 3 N–H and O–H groups in total. The molecular weight excluding hydrogens is 596 g/mol. The molecule has 0 spiro atoms. The van der Waals surface area contributed by atoms with E-state index in [2.05, 4.69) is 20.5 Å². The van der Waals surface area contributed by atoms with Crippen molar-refractivity contribution < 1.29 is 27.6 Å². The van der Waals surface area contributed by atoms with Crippen LogP contribution in [0, 0.1) is 6.92 Å². The number of hydrogen-bond acceptors (Lipinski definition) is 7. The molecule has 1 aliphatic rings. The highest BCUT2D eigenvalue weighted by Crippen LogP contribution is 2.29. The molecule has 222 valence electrons.